The molecule has 0 bridgehead atoms. The Morgan fingerprint density at radius 3 is 2.48 bits per heavy atom. The molecule has 0 fully saturated rings. The van der Waals surface area contributed by atoms with E-state index in [0.29, 0.717) is 31.5 Å². The number of rotatable bonds is 10. The molecular formula is C18H22BrN4O3P. The zero-order valence-electron chi connectivity index (χ0n) is 15.2. The van der Waals surface area contributed by atoms with Crippen LogP contribution in [-0.2, 0) is 19.8 Å². The lowest BCUT2D eigenvalue weighted by Gasteiger charge is -2.17. The van der Waals surface area contributed by atoms with Crippen LogP contribution in [0.15, 0.2) is 34.9 Å². The van der Waals surface area contributed by atoms with Gasteiger partial charge in [-0.25, -0.2) is 4.98 Å². The quantitative estimate of drug-likeness (QED) is 0.395. The second-order valence-corrected chi connectivity index (χ2v) is 8.28. The standard InChI is InChI=1S/C18H22BrN4O3P/c1-4-11-20-17-16(19)12-21-18(23-17)22-15-9-7-14(8-10-15)13-27(24,25-5-2)26-6-3/h1,7-10,12H,5-6,11,13H2,2-3H3,(H2,20,21,22,23). The number of terminal acetylenes is 1. The van der Waals surface area contributed by atoms with Gasteiger partial charge in [0.1, 0.15) is 5.82 Å². The van der Waals surface area contributed by atoms with E-state index in [2.05, 4.69) is 42.5 Å². The summed E-state index contributed by atoms with van der Waals surface area (Å²) in [5.41, 5.74) is 1.66. The van der Waals surface area contributed by atoms with Gasteiger partial charge in [-0.1, -0.05) is 18.1 Å². The van der Waals surface area contributed by atoms with E-state index in [4.69, 9.17) is 15.5 Å². The summed E-state index contributed by atoms with van der Waals surface area (Å²) in [6.45, 7) is 4.64. The summed E-state index contributed by atoms with van der Waals surface area (Å²) >= 11 is 3.37. The molecule has 1 heterocycles. The molecule has 7 nitrogen and oxygen atoms in total. The number of hydrogen-bond acceptors (Lipinski definition) is 7. The van der Waals surface area contributed by atoms with Gasteiger partial charge in [-0.3, -0.25) is 4.57 Å². The first kappa shape index (κ1) is 21.4. The fourth-order valence-corrected chi connectivity index (χ4v) is 4.29. The molecule has 0 aliphatic carbocycles. The van der Waals surface area contributed by atoms with Gasteiger partial charge in [0.05, 0.1) is 30.4 Å². The molecule has 0 amide bonds. The minimum absolute atomic E-state index is 0.226. The van der Waals surface area contributed by atoms with Crippen LogP contribution in [0.25, 0.3) is 0 Å². The van der Waals surface area contributed by atoms with Crippen LogP contribution >= 0.6 is 23.5 Å². The molecule has 0 radical (unpaired) electrons. The normalized spacial score (nSPS) is 11.0. The van der Waals surface area contributed by atoms with E-state index in [9.17, 15) is 4.57 Å². The number of hydrogen-bond donors (Lipinski definition) is 2. The molecule has 0 atom stereocenters. The van der Waals surface area contributed by atoms with Gasteiger partial charge in [0.2, 0.25) is 5.95 Å². The molecule has 0 saturated carbocycles. The average molecular weight is 453 g/mol. The van der Waals surface area contributed by atoms with E-state index >= 15 is 0 Å². The fourth-order valence-electron chi connectivity index (χ4n) is 2.25. The Morgan fingerprint density at radius 1 is 1.22 bits per heavy atom. The Labute approximate surface area is 168 Å². The third kappa shape index (κ3) is 6.64. The van der Waals surface area contributed by atoms with Gasteiger partial charge >= 0.3 is 7.60 Å². The molecule has 144 valence electrons. The van der Waals surface area contributed by atoms with Crippen LogP contribution in [0.1, 0.15) is 19.4 Å². The monoisotopic (exact) mass is 452 g/mol. The molecule has 0 spiro atoms. The maximum absolute atomic E-state index is 12.6. The summed E-state index contributed by atoms with van der Waals surface area (Å²) in [5, 5.41) is 6.14. The Kier molecular flexibility index (Phi) is 8.26. The molecule has 2 N–H and O–H groups in total. The van der Waals surface area contributed by atoms with E-state index in [1.807, 2.05) is 24.3 Å². The van der Waals surface area contributed by atoms with Crippen LogP contribution in [0.4, 0.5) is 17.5 Å². The first-order valence-corrected chi connectivity index (χ1v) is 11.0. The largest absolute Gasteiger partial charge is 0.358 e. The SMILES string of the molecule is C#CCNc1nc(Nc2ccc(CP(=O)(OCC)OCC)cc2)ncc1Br. The number of halogens is 1. The summed E-state index contributed by atoms with van der Waals surface area (Å²) in [6.07, 6.45) is 7.13. The summed E-state index contributed by atoms with van der Waals surface area (Å²) in [5.74, 6) is 3.54. The van der Waals surface area contributed by atoms with Crippen molar-refractivity contribution in [1.29, 1.82) is 0 Å². The Morgan fingerprint density at radius 2 is 1.89 bits per heavy atom. The molecule has 2 rings (SSSR count). The van der Waals surface area contributed by atoms with Crippen molar-refractivity contribution in [3.8, 4) is 12.3 Å². The molecule has 27 heavy (non-hydrogen) atoms. The highest BCUT2D eigenvalue weighted by atomic mass is 79.9. The topological polar surface area (TPSA) is 85.4 Å². The predicted molar refractivity (Wildman–Crippen MR) is 111 cm³/mol. The van der Waals surface area contributed by atoms with Crippen molar-refractivity contribution in [2.75, 3.05) is 30.4 Å². The highest BCUT2D eigenvalue weighted by molar-refractivity contribution is 9.10. The van der Waals surface area contributed by atoms with Crippen molar-refractivity contribution in [2.24, 2.45) is 0 Å². The maximum atomic E-state index is 12.6. The van der Waals surface area contributed by atoms with Crippen molar-refractivity contribution in [3.63, 3.8) is 0 Å². The highest BCUT2D eigenvalue weighted by Crippen LogP contribution is 2.51. The van der Waals surface area contributed by atoms with Gasteiger partial charge in [-0.2, -0.15) is 4.98 Å². The Balaban J connectivity index is 2.07. The van der Waals surface area contributed by atoms with E-state index in [0.717, 1.165) is 15.7 Å². The first-order chi connectivity index (χ1) is 13.0. The number of aromatic nitrogens is 2. The average Bonchev–Trinajstić information content (AvgIpc) is 2.64. The third-order valence-corrected chi connectivity index (χ3v) is 5.98. The van der Waals surface area contributed by atoms with Crippen LogP contribution in [0.2, 0.25) is 0 Å². The number of nitrogens with one attached hydrogen (secondary N) is 2. The first-order valence-electron chi connectivity index (χ1n) is 8.43. The molecule has 9 heteroatoms. The van der Waals surface area contributed by atoms with Crippen LogP contribution in [0.3, 0.4) is 0 Å². The van der Waals surface area contributed by atoms with Gasteiger partial charge < -0.3 is 19.7 Å². The zero-order valence-corrected chi connectivity index (χ0v) is 17.7. The molecule has 0 aliphatic rings. The van der Waals surface area contributed by atoms with Crippen molar-refractivity contribution in [2.45, 2.75) is 20.0 Å². The van der Waals surface area contributed by atoms with Crippen molar-refractivity contribution < 1.29 is 13.6 Å². The summed E-state index contributed by atoms with van der Waals surface area (Å²) in [7, 11) is -3.12. The zero-order chi connectivity index (χ0) is 19.7. The number of benzene rings is 1. The van der Waals surface area contributed by atoms with E-state index in [1.165, 1.54) is 0 Å². The van der Waals surface area contributed by atoms with E-state index < -0.39 is 7.60 Å². The smallest absolute Gasteiger partial charge is 0.335 e. The molecule has 1 aromatic heterocycles. The lowest BCUT2D eigenvalue weighted by atomic mass is 10.2. The molecule has 0 saturated heterocycles. The van der Waals surface area contributed by atoms with Crippen molar-refractivity contribution >= 4 is 41.0 Å². The van der Waals surface area contributed by atoms with Gasteiger partial charge in [0.15, 0.2) is 0 Å². The van der Waals surface area contributed by atoms with Gasteiger partial charge in [-0.15, -0.1) is 6.42 Å². The molecule has 1 aromatic carbocycles. The minimum Gasteiger partial charge on any atom is -0.358 e. The number of nitrogens with zero attached hydrogens (tertiary/aromatic N) is 2. The van der Waals surface area contributed by atoms with Gasteiger partial charge in [-0.05, 0) is 47.5 Å². The van der Waals surface area contributed by atoms with Crippen LogP contribution < -0.4 is 10.6 Å². The summed E-state index contributed by atoms with van der Waals surface area (Å²) in [6, 6.07) is 7.45. The van der Waals surface area contributed by atoms with Crippen LogP contribution in [0.5, 0.6) is 0 Å². The second-order valence-electron chi connectivity index (χ2n) is 5.37. The van der Waals surface area contributed by atoms with Crippen molar-refractivity contribution in [3.05, 3.63) is 40.5 Å². The second kappa shape index (κ2) is 10.4. The Hall–Kier alpha value is -1.91. The fraction of sp³-hybridized carbons (Fsp3) is 0.333. The van der Waals surface area contributed by atoms with Crippen LogP contribution in [-0.4, -0.2) is 29.7 Å². The highest BCUT2D eigenvalue weighted by Gasteiger charge is 2.23. The molecule has 0 unspecified atom stereocenters. The van der Waals surface area contributed by atoms with E-state index in [-0.39, 0.29) is 6.16 Å². The predicted octanol–water partition coefficient (Wildman–Crippen LogP) is 4.79. The van der Waals surface area contributed by atoms with Crippen molar-refractivity contribution in [1.82, 2.24) is 9.97 Å². The van der Waals surface area contributed by atoms with E-state index in [1.54, 1.807) is 20.0 Å². The maximum Gasteiger partial charge on any atom is 0.335 e. The van der Waals surface area contributed by atoms with Gasteiger partial charge in [0.25, 0.3) is 0 Å². The molecule has 2 aromatic rings. The van der Waals surface area contributed by atoms with Gasteiger partial charge in [0, 0.05) is 11.9 Å². The lowest BCUT2D eigenvalue weighted by Crippen LogP contribution is -2.05. The summed E-state index contributed by atoms with van der Waals surface area (Å²) < 4.78 is 24.0. The Bertz CT molecular complexity index is 829. The summed E-state index contributed by atoms with van der Waals surface area (Å²) in [4.78, 5) is 8.60. The third-order valence-electron chi connectivity index (χ3n) is 3.34. The molecule has 0 aliphatic heterocycles. The van der Waals surface area contributed by atoms with Crippen LogP contribution in [0, 0.1) is 12.3 Å². The lowest BCUT2D eigenvalue weighted by molar-refractivity contribution is 0.219. The minimum atomic E-state index is -3.12. The number of anilines is 3. The molecular weight excluding hydrogens is 431 g/mol.